The Morgan fingerprint density at radius 1 is 1.24 bits per heavy atom. The zero-order valence-electron chi connectivity index (χ0n) is 23.8. The van der Waals surface area contributed by atoms with Crippen LogP contribution in [0, 0.1) is 6.92 Å². The zero-order chi connectivity index (χ0) is 31.7. The summed E-state index contributed by atoms with van der Waals surface area (Å²) in [6, 6.07) is 3.67. The fraction of sp³-hybridized carbons (Fsp3) is 0.630. The number of hydrogen-bond donors (Lipinski definition) is 3. The lowest BCUT2D eigenvalue weighted by molar-refractivity contribution is -0.146. The number of aliphatic hydroxyl groups is 2. The van der Waals surface area contributed by atoms with Gasteiger partial charge < -0.3 is 20.3 Å². The van der Waals surface area contributed by atoms with Crippen LogP contribution in [0.4, 0.5) is 22.0 Å². The quantitative estimate of drug-likeness (QED) is 0.314. The molecule has 1 aromatic carbocycles. The third-order valence-electron chi connectivity index (χ3n) is 7.72. The van der Waals surface area contributed by atoms with Gasteiger partial charge in [0, 0.05) is 36.9 Å². The minimum absolute atomic E-state index is 0.0514. The van der Waals surface area contributed by atoms with E-state index >= 15 is 0 Å². The van der Waals surface area contributed by atoms with E-state index in [0.717, 1.165) is 19.2 Å². The van der Waals surface area contributed by atoms with Crippen molar-refractivity contribution >= 4 is 15.7 Å². The highest BCUT2D eigenvalue weighted by molar-refractivity contribution is 7.91. The monoisotopic (exact) mass is 625 g/mol. The number of nitrogens with zero attached hydrogens (tertiary/aromatic N) is 2. The van der Waals surface area contributed by atoms with Crippen LogP contribution in [0.3, 0.4) is 0 Å². The molecule has 0 spiro atoms. The van der Waals surface area contributed by atoms with Crippen molar-refractivity contribution in [3.8, 4) is 17.0 Å². The van der Waals surface area contributed by atoms with Gasteiger partial charge in [-0.1, -0.05) is 6.07 Å². The fourth-order valence-electron chi connectivity index (χ4n) is 5.18. The smallest absolute Gasteiger partial charge is 0.389 e. The van der Waals surface area contributed by atoms with Crippen LogP contribution in [0.15, 0.2) is 18.2 Å². The minimum atomic E-state index is -4.53. The van der Waals surface area contributed by atoms with Crippen molar-refractivity contribution in [2.75, 3.05) is 12.8 Å². The first-order chi connectivity index (χ1) is 19.3. The molecule has 1 atom stereocenters. The number of aryl methyl sites for hydroxylation is 1. The molecule has 1 aromatic heterocycles. The lowest BCUT2D eigenvalue weighted by atomic mass is 9.84. The van der Waals surface area contributed by atoms with E-state index in [0.29, 0.717) is 0 Å². The van der Waals surface area contributed by atoms with E-state index in [1.165, 1.54) is 23.7 Å². The molecule has 1 saturated carbocycles. The van der Waals surface area contributed by atoms with E-state index in [1.807, 2.05) is 0 Å². The Labute approximate surface area is 241 Å². The number of nitrogens with one attached hydrogen (secondary N) is 1. The molecule has 1 heterocycles. The van der Waals surface area contributed by atoms with Gasteiger partial charge in [0.2, 0.25) is 0 Å². The molecular weight excluding hydrogens is 589 g/mol. The van der Waals surface area contributed by atoms with Crippen LogP contribution >= 0.6 is 0 Å². The highest BCUT2D eigenvalue weighted by Crippen LogP contribution is 2.40. The molecule has 0 radical (unpaired) electrons. The number of alkyl halides is 5. The Bertz CT molecular complexity index is 1380. The van der Waals surface area contributed by atoms with Crippen LogP contribution in [0.5, 0.6) is 5.75 Å². The molecule has 3 rings (SSSR count). The van der Waals surface area contributed by atoms with Crippen LogP contribution < -0.4 is 10.1 Å². The first-order valence-electron chi connectivity index (χ1n) is 13.4. The number of carbonyl (C=O) groups is 1. The van der Waals surface area contributed by atoms with E-state index in [2.05, 4.69) is 10.4 Å². The van der Waals surface area contributed by atoms with Gasteiger partial charge in [-0.3, -0.25) is 9.48 Å². The molecule has 0 aliphatic heterocycles. The van der Waals surface area contributed by atoms with Gasteiger partial charge in [-0.15, -0.1) is 0 Å². The highest BCUT2D eigenvalue weighted by atomic mass is 32.2. The van der Waals surface area contributed by atoms with Crippen LogP contribution in [0.25, 0.3) is 11.3 Å². The molecule has 0 saturated heterocycles. The number of amides is 1. The Hall–Kier alpha value is -2.78. The van der Waals surface area contributed by atoms with Crippen LogP contribution in [-0.2, 0) is 22.0 Å². The van der Waals surface area contributed by atoms with Gasteiger partial charge in [0.15, 0.2) is 5.69 Å². The van der Waals surface area contributed by atoms with Gasteiger partial charge >= 0.3 is 12.8 Å². The summed E-state index contributed by atoms with van der Waals surface area (Å²) in [5.74, 6) is -1.07. The number of aromatic nitrogens is 2. The lowest BCUT2D eigenvalue weighted by Crippen LogP contribution is -2.47. The molecular formula is C27H36F5N3O6S. The predicted octanol–water partition coefficient (Wildman–Crippen LogP) is 4.48. The summed E-state index contributed by atoms with van der Waals surface area (Å²) in [5, 5.41) is 28.0. The lowest BCUT2D eigenvalue weighted by Gasteiger charge is -2.35. The van der Waals surface area contributed by atoms with E-state index in [4.69, 9.17) is 4.74 Å². The molecule has 1 fully saturated rings. The van der Waals surface area contributed by atoms with Gasteiger partial charge in [0.1, 0.15) is 15.6 Å². The maximum atomic E-state index is 13.4. The van der Waals surface area contributed by atoms with Gasteiger partial charge in [0.05, 0.1) is 22.1 Å². The summed E-state index contributed by atoms with van der Waals surface area (Å²) < 4.78 is 94.8. The van der Waals surface area contributed by atoms with Crippen molar-refractivity contribution in [3.63, 3.8) is 0 Å². The Morgan fingerprint density at radius 2 is 1.86 bits per heavy atom. The van der Waals surface area contributed by atoms with Crippen molar-refractivity contribution in [2.45, 2.75) is 95.1 Å². The highest BCUT2D eigenvalue weighted by Gasteiger charge is 2.38. The molecule has 1 amide bonds. The Kier molecular flexibility index (Phi) is 9.99. The molecule has 1 unspecified atom stereocenters. The van der Waals surface area contributed by atoms with Crippen molar-refractivity contribution < 1.29 is 50.1 Å². The molecule has 15 heteroatoms. The van der Waals surface area contributed by atoms with Crippen LogP contribution in [-0.4, -0.2) is 70.8 Å². The van der Waals surface area contributed by atoms with E-state index in [9.17, 15) is 45.4 Å². The molecule has 2 aromatic rings. The Balaban J connectivity index is 1.89. The number of sulfone groups is 1. The normalized spacial score (nSPS) is 21.3. The first-order valence-corrected chi connectivity index (χ1v) is 15.4. The topological polar surface area (TPSA) is 131 Å². The third kappa shape index (κ3) is 8.19. The largest absolute Gasteiger partial charge is 0.434 e. The van der Waals surface area contributed by atoms with Crippen molar-refractivity contribution in [2.24, 2.45) is 0 Å². The fourth-order valence-corrected chi connectivity index (χ4v) is 6.27. The van der Waals surface area contributed by atoms with Crippen molar-refractivity contribution in [1.82, 2.24) is 15.1 Å². The summed E-state index contributed by atoms with van der Waals surface area (Å²) in [6.45, 7) is 1.14. The van der Waals surface area contributed by atoms with Gasteiger partial charge in [-0.05, 0) is 70.6 Å². The Morgan fingerprint density at radius 3 is 2.38 bits per heavy atom. The van der Waals surface area contributed by atoms with Crippen LogP contribution in [0.1, 0.15) is 74.0 Å². The van der Waals surface area contributed by atoms with E-state index < -0.39 is 63.6 Å². The predicted molar refractivity (Wildman–Crippen MR) is 144 cm³/mol. The standard InChI is InChI=1S/C27H36F5N3O6S/c1-5-35-22(19-7-6-17(14-20(19)41-24(28)29)25(3,37)12-13-27(30,31)32)16(2)21(34-35)23(36)33-15-26(38)10-8-18(9-11-26)42(4,39)40/h6-7,14,18,24,37-38H,5,8-13,15H2,1-4H3,(H,33,36). The molecule has 9 nitrogen and oxygen atoms in total. The summed E-state index contributed by atoms with van der Waals surface area (Å²) in [7, 11) is -3.25. The molecule has 3 N–H and O–H groups in total. The average molecular weight is 626 g/mol. The summed E-state index contributed by atoms with van der Waals surface area (Å²) >= 11 is 0. The van der Waals surface area contributed by atoms with Gasteiger partial charge in [0.25, 0.3) is 5.91 Å². The van der Waals surface area contributed by atoms with Crippen molar-refractivity contribution in [1.29, 1.82) is 0 Å². The van der Waals surface area contributed by atoms with E-state index in [1.54, 1.807) is 6.92 Å². The molecule has 0 bridgehead atoms. The number of ether oxygens (including phenoxy) is 1. The summed E-state index contributed by atoms with van der Waals surface area (Å²) in [5.41, 5.74) is -2.81. The van der Waals surface area contributed by atoms with Gasteiger partial charge in [-0.25, -0.2) is 8.42 Å². The number of benzene rings is 1. The molecule has 1 aliphatic carbocycles. The summed E-state index contributed by atoms with van der Waals surface area (Å²) in [6.07, 6.45) is -4.52. The second kappa shape index (κ2) is 12.4. The maximum absolute atomic E-state index is 13.4. The molecule has 42 heavy (non-hydrogen) atoms. The molecule has 1 aliphatic rings. The number of carbonyl (C=O) groups excluding carboxylic acids is 1. The molecule has 236 valence electrons. The number of rotatable bonds is 11. The minimum Gasteiger partial charge on any atom is -0.434 e. The second-order valence-corrected chi connectivity index (χ2v) is 13.4. The maximum Gasteiger partial charge on any atom is 0.389 e. The SMILES string of the molecule is CCn1nc(C(=O)NCC2(O)CCC(S(C)(=O)=O)CC2)c(C)c1-c1ccc(C(C)(O)CCC(F)(F)F)cc1OC(F)F. The number of hydrogen-bond acceptors (Lipinski definition) is 7. The van der Waals surface area contributed by atoms with Crippen molar-refractivity contribution in [3.05, 3.63) is 35.0 Å². The van der Waals surface area contributed by atoms with Gasteiger partial charge in [-0.2, -0.15) is 27.1 Å². The number of halogens is 5. The third-order valence-corrected chi connectivity index (χ3v) is 9.40. The second-order valence-electron chi connectivity index (χ2n) is 11.1. The van der Waals surface area contributed by atoms with Crippen LogP contribution in [0.2, 0.25) is 0 Å². The first kappa shape index (κ1) is 33.7. The van der Waals surface area contributed by atoms with E-state index in [-0.39, 0.29) is 66.9 Å². The zero-order valence-corrected chi connectivity index (χ0v) is 24.6. The summed E-state index contributed by atoms with van der Waals surface area (Å²) in [4.78, 5) is 13.1. The average Bonchev–Trinajstić information content (AvgIpc) is 3.21.